The van der Waals surface area contributed by atoms with Crippen LogP contribution in [0.2, 0.25) is 0 Å². The quantitative estimate of drug-likeness (QED) is 0.739. The van der Waals surface area contributed by atoms with Crippen molar-refractivity contribution in [2.45, 2.75) is 6.42 Å². The van der Waals surface area contributed by atoms with Gasteiger partial charge in [0.1, 0.15) is 11.5 Å². The van der Waals surface area contributed by atoms with Gasteiger partial charge in [0.25, 0.3) is 5.91 Å². The first-order valence-electron chi connectivity index (χ1n) is 7.59. The van der Waals surface area contributed by atoms with Crippen molar-refractivity contribution in [3.05, 3.63) is 52.5 Å². The van der Waals surface area contributed by atoms with E-state index in [1.165, 1.54) is 14.2 Å². The summed E-state index contributed by atoms with van der Waals surface area (Å²) in [5, 5.41) is 5.49. The van der Waals surface area contributed by atoms with E-state index in [1.807, 2.05) is 18.2 Å². The van der Waals surface area contributed by atoms with Crippen molar-refractivity contribution < 1.29 is 19.1 Å². The molecule has 0 bridgehead atoms. The Kier molecular flexibility index (Phi) is 6.82. The third-order valence-corrected chi connectivity index (χ3v) is 4.09. The molecule has 0 unspecified atom stereocenters. The summed E-state index contributed by atoms with van der Waals surface area (Å²) in [4.78, 5) is 24.2. The molecule has 0 saturated carbocycles. The fourth-order valence-corrected chi connectivity index (χ4v) is 2.49. The predicted molar refractivity (Wildman–Crippen MR) is 99.3 cm³/mol. The van der Waals surface area contributed by atoms with Crippen LogP contribution in [0.5, 0.6) is 11.5 Å². The lowest BCUT2D eigenvalue weighted by molar-refractivity contribution is -0.116. The summed E-state index contributed by atoms with van der Waals surface area (Å²) in [6.07, 6.45) is 0.161. The molecule has 2 rings (SSSR count). The van der Waals surface area contributed by atoms with Crippen LogP contribution in [0.1, 0.15) is 16.8 Å². The van der Waals surface area contributed by atoms with Crippen molar-refractivity contribution in [2.24, 2.45) is 0 Å². The van der Waals surface area contributed by atoms with Crippen molar-refractivity contribution in [3.8, 4) is 11.5 Å². The molecule has 132 valence electrons. The van der Waals surface area contributed by atoms with E-state index in [1.54, 1.807) is 24.3 Å². The maximum Gasteiger partial charge on any atom is 0.251 e. The predicted octanol–water partition coefficient (Wildman–Crippen LogP) is 3.22. The van der Waals surface area contributed by atoms with E-state index in [2.05, 4.69) is 26.6 Å². The van der Waals surface area contributed by atoms with Crippen molar-refractivity contribution in [1.82, 2.24) is 5.32 Å². The molecule has 0 fully saturated rings. The minimum absolute atomic E-state index is 0.161. The first kappa shape index (κ1) is 18.8. The highest BCUT2D eigenvalue weighted by molar-refractivity contribution is 9.10. The van der Waals surface area contributed by atoms with Crippen LogP contribution in [-0.2, 0) is 4.79 Å². The number of nitrogens with one attached hydrogen (secondary N) is 2. The Labute approximate surface area is 154 Å². The van der Waals surface area contributed by atoms with Crippen molar-refractivity contribution >= 4 is 33.4 Å². The van der Waals surface area contributed by atoms with Gasteiger partial charge in [-0.25, -0.2) is 0 Å². The summed E-state index contributed by atoms with van der Waals surface area (Å²) >= 11 is 3.37. The maximum atomic E-state index is 12.2. The summed E-state index contributed by atoms with van der Waals surface area (Å²) in [7, 11) is 3.03. The lowest BCUT2D eigenvalue weighted by Crippen LogP contribution is -2.27. The zero-order valence-electron chi connectivity index (χ0n) is 14.0. The Hall–Kier alpha value is -2.54. The summed E-state index contributed by atoms with van der Waals surface area (Å²) < 4.78 is 11.1. The molecule has 0 atom stereocenters. The second-order valence-electron chi connectivity index (χ2n) is 5.14. The molecule has 2 N–H and O–H groups in total. The fraction of sp³-hybridized carbons (Fsp3) is 0.222. The molecule has 0 spiro atoms. The smallest absolute Gasteiger partial charge is 0.251 e. The molecule has 7 heteroatoms. The molecule has 2 aromatic rings. The number of para-hydroxylation sites is 1. The molecular formula is C18H19BrN2O4. The summed E-state index contributed by atoms with van der Waals surface area (Å²) in [6, 6.07) is 12.2. The molecule has 0 heterocycles. The average molecular weight is 407 g/mol. The number of rotatable bonds is 7. The fourth-order valence-electron chi connectivity index (χ4n) is 2.11. The van der Waals surface area contributed by atoms with E-state index in [-0.39, 0.29) is 24.8 Å². The highest BCUT2D eigenvalue weighted by atomic mass is 79.9. The van der Waals surface area contributed by atoms with E-state index in [4.69, 9.17) is 9.47 Å². The van der Waals surface area contributed by atoms with Gasteiger partial charge in [-0.3, -0.25) is 9.59 Å². The number of carbonyl (C=O) groups excluding carboxylic acids is 2. The molecule has 0 aliphatic heterocycles. The topological polar surface area (TPSA) is 76.7 Å². The molecule has 2 amide bonds. The first-order valence-corrected chi connectivity index (χ1v) is 8.38. The Balaban J connectivity index is 1.88. The normalized spacial score (nSPS) is 10.0. The minimum atomic E-state index is -0.300. The van der Waals surface area contributed by atoms with Crippen LogP contribution < -0.4 is 20.1 Å². The lowest BCUT2D eigenvalue weighted by Gasteiger charge is -2.10. The lowest BCUT2D eigenvalue weighted by atomic mass is 10.2. The molecule has 6 nitrogen and oxygen atoms in total. The van der Waals surface area contributed by atoms with Crippen molar-refractivity contribution in [3.63, 3.8) is 0 Å². The number of methoxy groups -OCH3 is 2. The summed E-state index contributed by atoms with van der Waals surface area (Å²) in [5.74, 6) is 0.564. The number of hydrogen-bond acceptors (Lipinski definition) is 4. The van der Waals surface area contributed by atoms with Crippen molar-refractivity contribution in [1.29, 1.82) is 0 Å². The van der Waals surface area contributed by atoms with E-state index in [0.29, 0.717) is 22.7 Å². The van der Waals surface area contributed by atoms with E-state index < -0.39 is 0 Å². The zero-order chi connectivity index (χ0) is 18.2. The molecule has 25 heavy (non-hydrogen) atoms. The number of anilines is 1. The van der Waals surface area contributed by atoms with Crippen LogP contribution in [0.15, 0.2) is 46.9 Å². The molecule has 0 aliphatic carbocycles. The standard InChI is InChI=1S/C18H19BrN2O4/c1-24-13-9-12(10-14(11-13)25-2)18(23)20-8-7-17(22)21-16-6-4-3-5-15(16)19/h3-6,9-11H,7-8H2,1-2H3,(H,20,23)(H,21,22). The van der Waals surface area contributed by atoms with Gasteiger partial charge in [-0.2, -0.15) is 0 Å². The van der Waals surface area contributed by atoms with Crippen LogP contribution in [0, 0.1) is 0 Å². The Morgan fingerprint density at radius 1 is 1.04 bits per heavy atom. The van der Waals surface area contributed by atoms with E-state index in [0.717, 1.165) is 4.47 Å². The Morgan fingerprint density at radius 2 is 1.68 bits per heavy atom. The van der Waals surface area contributed by atoms with Gasteiger partial charge in [0, 0.05) is 29.1 Å². The minimum Gasteiger partial charge on any atom is -0.497 e. The summed E-state index contributed by atoms with van der Waals surface area (Å²) in [5.41, 5.74) is 1.10. The van der Waals surface area contributed by atoms with Gasteiger partial charge >= 0.3 is 0 Å². The van der Waals surface area contributed by atoms with Gasteiger partial charge in [-0.1, -0.05) is 12.1 Å². The SMILES string of the molecule is COc1cc(OC)cc(C(=O)NCCC(=O)Nc2ccccc2Br)c1. The highest BCUT2D eigenvalue weighted by Crippen LogP contribution is 2.23. The number of halogens is 1. The first-order chi connectivity index (χ1) is 12.0. The third kappa shape index (κ3) is 5.49. The Bertz CT molecular complexity index is 742. The number of ether oxygens (including phenoxy) is 2. The van der Waals surface area contributed by atoms with Gasteiger partial charge in [-0.05, 0) is 40.2 Å². The van der Waals surface area contributed by atoms with Gasteiger partial charge in [-0.15, -0.1) is 0 Å². The number of hydrogen-bond donors (Lipinski definition) is 2. The average Bonchev–Trinajstić information content (AvgIpc) is 2.63. The van der Waals surface area contributed by atoms with Crippen LogP contribution in [0.4, 0.5) is 5.69 Å². The monoisotopic (exact) mass is 406 g/mol. The van der Waals surface area contributed by atoms with Crippen LogP contribution in [0.25, 0.3) is 0 Å². The number of carbonyl (C=O) groups is 2. The maximum absolute atomic E-state index is 12.2. The third-order valence-electron chi connectivity index (χ3n) is 3.40. The van der Waals surface area contributed by atoms with Crippen LogP contribution in [0.3, 0.4) is 0 Å². The van der Waals surface area contributed by atoms with Gasteiger partial charge in [0.05, 0.1) is 19.9 Å². The van der Waals surface area contributed by atoms with E-state index in [9.17, 15) is 9.59 Å². The largest absolute Gasteiger partial charge is 0.497 e. The molecular weight excluding hydrogens is 388 g/mol. The molecule has 0 saturated heterocycles. The second kappa shape index (κ2) is 9.08. The Morgan fingerprint density at radius 3 is 2.28 bits per heavy atom. The van der Waals surface area contributed by atoms with E-state index >= 15 is 0 Å². The van der Waals surface area contributed by atoms with Crippen molar-refractivity contribution in [2.75, 3.05) is 26.1 Å². The molecule has 2 aromatic carbocycles. The molecule has 0 aliphatic rings. The summed E-state index contributed by atoms with van der Waals surface area (Å²) in [6.45, 7) is 0.217. The number of benzene rings is 2. The van der Waals surface area contributed by atoms with Gasteiger partial charge < -0.3 is 20.1 Å². The number of amides is 2. The van der Waals surface area contributed by atoms with Crippen LogP contribution >= 0.6 is 15.9 Å². The molecule has 0 aromatic heterocycles. The second-order valence-corrected chi connectivity index (χ2v) is 5.99. The van der Waals surface area contributed by atoms with Crippen LogP contribution in [-0.4, -0.2) is 32.6 Å². The highest BCUT2D eigenvalue weighted by Gasteiger charge is 2.11. The molecule has 0 radical (unpaired) electrons. The zero-order valence-corrected chi connectivity index (χ0v) is 15.6. The van der Waals surface area contributed by atoms with Gasteiger partial charge in [0.15, 0.2) is 0 Å². The van der Waals surface area contributed by atoms with Gasteiger partial charge in [0.2, 0.25) is 5.91 Å².